The molecule has 23 heavy (non-hydrogen) atoms. The molecular weight excluding hydrogens is 316 g/mol. The van der Waals surface area contributed by atoms with E-state index in [9.17, 15) is 8.42 Å². The van der Waals surface area contributed by atoms with Gasteiger partial charge in [0.25, 0.3) is 0 Å². The zero-order valence-corrected chi connectivity index (χ0v) is 14.0. The Bertz CT molecular complexity index is 850. The highest BCUT2D eigenvalue weighted by atomic mass is 32.2. The van der Waals surface area contributed by atoms with Crippen molar-refractivity contribution in [3.63, 3.8) is 0 Å². The number of aryl methyl sites for hydroxylation is 2. The third-order valence-electron chi connectivity index (χ3n) is 3.22. The van der Waals surface area contributed by atoms with Gasteiger partial charge in [-0.25, -0.2) is 13.1 Å². The lowest BCUT2D eigenvalue weighted by Crippen LogP contribution is -2.24. The molecule has 122 valence electrons. The number of rotatable bonds is 6. The maximum absolute atomic E-state index is 12.4. The molecule has 0 atom stereocenters. The Balaban J connectivity index is 2.22. The Morgan fingerprint density at radius 3 is 2.70 bits per heavy atom. The summed E-state index contributed by atoms with van der Waals surface area (Å²) >= 11 is 0. The van der Waals surface area contributed by atoms with Gasteiger partial charge in [0.2, 0.25) is 10.0 Å². The Morgan fingerprint density at radius 1 is 1.39 bits per heavy atom. The largest absolute Gasteiger partial charge is 0.492 e. The third kappa shape index (κ3) is 3.88. The average molecular weight is 334 g/mol. The van der Waals surface area contributed by atoms with Crippen molar-refractivity contribution in [3.05, 3.63) is 41.2 Å². The van der Waals surface area contributed by atoms with Crippen LogP contribution in [0.5, 0.6) is 5.75 Å². The topological polar surface area (TPSA) is 97.0 Å². The van der Waals surface area contributed by atoms with Gasteiger partial charge in [0.1, 0.15) is 11.8 Å². The number of ether oxygens (including phenoxy) is 1. The van der Waals surface area contributed by atoms with Crippen molar-refractivity contribution in [1.82, 2.24) is 14.5 Å². The SMILES string of the molecule is CCOc1ccc(S(=O)(=O)NCc2cc(C)nn2C)cc1C#N. The van der Waals surface area contributed by atoms with Gasteiger partial charge in [-0.1, -0.05) is 0 Å². The summed E-state index contributed by atoms with van der Waals surface area (Å²) in [5.74, 6) is 0.371. The summed E-state index contributed by atoms with van der Waals surface area (Å²) in [5.41, 5.74) is 1.75. The summed E-state index contributed by atoms with van der Waals surface area (Å²) < 4.78 is 34.2. The quantitative estimate of drug-likeness (QED) is 0.863. The molecule has 1 heterocycles. The van der Waals surface area contributed by atoms with Crippen molar-refractivity contribution in [2.45, 2.75) is 25.3 Å². The summed E-state index contributed by atoms with van der Waals surface area (Å²) in [5, 5.41) is 13.3. The molecule has 0 bridgehead atoms. The van der Waals surface area contributed by atoms with E-state index in [1.165, 1.54) is 18.2 Å². The van der Waals surface area contributed by atoms with Gasteiger partial charge in [-0.05, 0) is 38.1 Å². The van der Waals surface area contributed by atoms with Crippen LogP contribution in [0, 0.1) is 18.3 Å². The van der Waals surface area contributed by atoms with Crippen LogP contribution >= 0.6 is 0 Å². The minimum atomic E-state index is -3.73. The number of benzene rings is 1. The molecule has 0 spiro atoms. The van der Waals surface area contributed by atoms with Crippen LogP contribution in [0.3, 0.4) is 0 Å². The number of nitrogens with one attached hydrogen (secondary N) is 1. The Hall–Kier alpha value is -2.37. The van der Waals surface area contributed by atoms with E-state index in [0.717, 1.165) is 11.4 Å². The summed E-state index contributed by atoms with van der Waals surface area (Å²) in [4.78, 5) is 0.0244. The molecule has 0 aliphatic rings. The summed E-state index contributed by atoms with van der Waals surface area (Å²) in [6, 6.07) is 7.97. The first-order chi connectivity index (χ1) is 10.9. The number of hydrogen-bond acceptors (Lipinski definition) is 5. The Kier molecular flexibility index (Phi) is 5.03. The molecule has 0 aliphatic heterocycles. The zero-order valence-electron chi connectivity index (χ0n) is 13.2. The number of sulfonamides is 1. The van der Waals surface area contributed by atoms with Crippen LogP contribution in [0.2, 0.25) is 0 Å². The molecular formula is C15H18N4O3S. The van der Waals surface area contributed by atoms with Crippen LogP contribution in [-0.4, -0.2) is 24.8 Å². The number of nitrogens with zero attached hydrogens (tertiary/aromatic N) is 3. The summed E-state index contributed by atoms with van der Waals surface area (Å²) in [6.45, 7) is 4.15. The second kappa shape index (κ2) is 6.81. The van der Waals surface area contributed by atoms with Gasteiger partial charge >= 0.3 is 0 Å². The fourth-order valence-corrected chi connectivity index (χ4v) is 3.15. The first kappa shape index (κ1) is 17.0. The minimum absolute atomic E-state index is 0.0244. The zero-order chi connectivity index (χ0) is 17.0. The predicted octanol–water partition coefficient (Wildman–Crippen LogP) is 1.48. The first-order valence-electron chi connectivity index (χ1n) is 7.03. The van der Waals surface area contributed by atoms with Crippen LogP contribution < -0.4 is 9.46 Å². The highest BCUT2D eigenvalue weighted by molar-refractivity contribution is 7.89. The van der Waals surface area contributed by atoms with Crippen molar-refractivity contribution in [1.29, 1.82) is 5.26 Å². The monoisotopic (exact) mass is 334 g/mol. The van der Waals surface area contributed by atoms with E-state index in [-0.39, 0.29) is 17.0 Å². The first-order valence-corrected chi connectivity index (χ1v) is 8.52. The fourth-order valence-electron chi connectivity index (χ4n) is 2.13. The second-order valence-electron chi connectivity index (χ2n) is 4.93. The maximum Gasteiger partial charge on any atom is 0.240 e. The highest BCUT2D eigenvalue weighted by Crippen LogP contribution is 2.22. The van der Waals surface area contributed by atoms with Gasteiger partial charge in [-0.3, -0.25) is 4.68 Å². The fraction of sp³-hybridized carbons (Fsp3) is 0.333. The van der Waals surface area contributed by atoms with Crippen LogP contribution in [0.15, 0.2) is 29.2 Å². The van der Waals surface area contributed by atoms with Crippen molar-refractivity contribution in [3.8, 4) is 11.8 Å². The summed E-state index contributed by atoms with van der Waals surface area (Å²) in [7, 11) is -1.98. The van der Waals surface area contributed by atoms with Gasteiger partial charge in [0, 0.05) is 7.05 Å². The molecule has 0 saturated carbocycles. The molecule has 1 N–H and O–H groups in total. The minimum Gasteiger partial charge on any atom is -0.492 e. The van der Waals surface area contributed by atoms with Gasteiger partial charge < -0.3 is 4.74 Å². The maximum atomic E-state index is 12.4. The van der Waals surface area contributed by atoms with Crippen molar-refractivity contribution < 1.29 is 13.2 Å². The average Bonchev–Trinajstić information content (AvgIpc) is 2.83. The molecule has 1 aromatic heterocycles. The lowest BCUT2D eigenvalue weighted by atomic mass is 10.2. The molecule has 0 radical (unpaired) electrons. The van der Waals surface area contributed by atoms with Gasteiger partial charge in [-0.15, -0.1) is 0 Å². The van der Waals surface area contributed by atoms with Crippen molar-refractivity contribution in [2.24, 2.45) is 7.05 Å². The van der Waals surface area contributed by atoms with Crippen LogP contribution in [0.4, 0.5) is 0 Å². The van der Waals surface area contributed by atoms with Gasteiger partial charge in [0.05, 0.1) is 35.0 Å². The second-order valence-corrected chi connectivity index (χ2v) is 6.69. The summed E-state index contributed by atoms with van der Waals surface area (Å²) in [6.07, 6.45) is 0. The van der Waals surface area contributed by atoms with Gasteiger partial charge in [0.15, 0.2) is 0 Å². The van der Waals surface area contributed by atoms with Crippen LogP contribution in [0.1, 0.15) is 23.9 Å². The van der Waals surface area contributed by atoms with E-state index in [0.29, 0.717) is 12.4 Å². The number of aromatic nitrogens is 2. The smallest absolute Gasteiger partial charge is 0.240 e. The van der Waals surface area contributed by atoms with E-state index in [1.54, 1.807) is 24.7 Å². The standard InChI is InChI=1S/C15H18N4O3S/c1-4-22-15-6-5-14(8-12(15)9-16)23(20,21)17-10-13-7-11(2)18-19(13)3/h5-8,17H,4,10H2,1-3H3. The molecule has 0 unspecified atom stereocenters. The van der Waals surface area contributed by atoms with Crippen molar-refractivity contribution in [2.75, 3.05) is 6.61 Å². The van der Waals surface area contributed by atoms with E-state index < -0.39 is 10.0 Å². The molecule has 0 amide bonds. The molecule has 2 aromatic rings. The normalized spacial score (nSPS) is 11.2. The molecule has 7 nitrogen and oxygen atoms in total. The van der Waals surface area contributed by atoms with E-state index in [1.807, 2.05) is 13.0 Å². The Morgan fingerprint density at radius 2 is 2.13 bits per heavy atom. The predicted molar refractivity (Wildman–Crippen MR) is 84.3 cm³/mol. The van der Waals surface area contributed by atoms with Crippen LogP contribution in [-0.2, 0) is 23.6 Å². The Labute approximate surface area is 135 Å². The van der Waals surface area contributed by atoms with Crippen LogP contribution in [0.25, 0.3) is 0 Å². The lowest BCUT2D eigenvalue weighted by molar-refractivity contribution is 0.339. The molecule has 2 rings (SSSR count). The van der Waals surface area contributed by atoms with Gasteiger partial charge in [-0.2, -0.15) is 10.4 Å². The van der Waals surface area contributed by atoms with E-state index in [2.05, 4.69) is 9.82 Å². The number of hydrogen-bond donors (Lipinski definition) is 1. The lowest BCUT2D eigenvalue weighted by Gasteiger charge is -2.09. The molecule has 1 aromatic carbocycles. The van der Waals surface area contributed by atoms with E-state index in [4.69, 9.17) is 10.00 Å². The third-order valence-corrected chi connectivity index (χ3v) is 4.62. The highest BCUT2D eigenvalue weighted by Gasteiger charge is 2.17. The molecule has 0 saturated heterocycles. The molecule has 0 aliphatic carbocycles. The van der Waals surface area contributed by atoms with Crippen molar-refractivity contribution >= 4 is 10.0 Å². The molecule has 0 fully saturated rings. The molecule has 8 heteroatoms. The number of nitriles is 1. The van der Waals surface area contributed by atoms with E-state index >= 15 is 0 Å².